The zero-order valence-electron chi connectivity index (χ0n) is 12.4. The van der Waals surface area contributed by atoms with Crippen molar-refractivity contribution >= 4 is 0 Å². The molecule has 2 aromatic rings. The Labute approximate surface area is 126 Å². The molecule has 1 saturated heterocycles. The maximum Gasteiger partial charge on any atom is 0.0579 e. The molecule has 1 aliphatic heterocycles. The van der Waals surface area contributed by atoms with Crippen LogP contribution in [0.4, 0.5) is 0 Å². The van der Waals surface area contributed by atoms with Gasteiger partial charge in [-0.3, -0.25) is 4.98 Å². The number of benzene rings is 1. The number of hydrogen-bond acceptors (Lipinski definition) is 3. The molecular weight excluding hydrogens is 260 g/mol. The maximum atomic E-state index is 5.52. The SMILES string of the molecule is CC(NC(c1ccccc1)c1ccncc1)C1CCOC1. The third-order valence-electron chi connectivity index (χ3n) is 4.27. The Morgan fingerprint density at radius 1 is 1.10 bits per heavy atom. The molecule has 0 spiro atoms. The smallest absolute Gasteiger partial charge is 0.0579 e. The minimum absolute atomic E-state index is 0.199. The molecule has 1 fully saturated rings. The summed E-state index contributed by atoms with van der Waals surface area (Å²) in [5.41, 5.74) is 2.54. The predicted molar refractivity (Wildman–Crippen MR) is 84.0 cm³/mol. The van der Waals surface area contributed by atoms with Crippen molar-refractivity contribution in [3.8, 4) is 0 Å². The van der Waals surface area contributed by atoms with Gasteiger partial charge in [0.05, 0.1) is 12.6 Å². The lowest BCUT2D eigenvalue weighted by Gasteiger charge is -2.27. The van der Waals surface area contributed by atoms with Crippen molar-refractivity contribution in [3.05, 3.63) is 66.0 Å². The Morgan fingerprint density at radius 2 is 1.81 bits per heavy atom. The summed E-state index contributed by atoms with van der Waals surface area (Å²) in [6.07, 6.45) is 4.86. The average molecular weight is 282 g/mol. The van der Waals surface area contributed by atoms with Gasteiger partial charge in [-0.1, -0.05) is 30.3 Å². The molecule has 3 atom stereocenters. The Kier molecular flexibility index (Phi) is 4.63. The fraction of sp³-hybridized carbons (Fsp3) is 0.389. The largest absolute Gasteiger partial charge is 0.381 e. The number of ether oxygens (including phenoxy) is 1. The second-order valence-corrected chi connectivity index (χ2v) is 5.70. The standard InChI is InChI=1S/C18H22N2O/c1-14(17-9-12-21-13-17)20-18(15-5-3-2-4-6-15)16-7-10-19-11-8-16/h2-8,10-11,14,17-18,20H,9,12-13H2,1H3. The molecule has 0 bridgehead atoms. The molecular formula is C18H22N2O. The van der Waals surface area contributed by atoms with Gasteiger partial charge in [0.15, 0.2) is 0 Å². The van der Waals surface area contributed by atoms with Gasteiger partial charge < -0.3 is 10.1 Å². The molecule has 3 unspecified atom stereocenters. The minimum Gasteiger partial charge on any atom is -0.381 e. The molecule has 0 radical (unpaired) electrons. The molecule has 0 aliphatic carbocycles. The molecule has 110 valence electrons. The van der Waals surface area contributed by atoms with Crippen LogP contribution in [0.3, 0.4) is 0 Å². The molecule has 0 saturated carbocycles. The lowest BCUT2D eigenvalue weighted by Crippen LogP contribution is -2.37. The summed E-state index contributed by atoms with van der Waals surface area (Å²) in [6, 6.07) is 15.4. The predicted octanol–water partition coefficient (Wildman–Crippen LogP) is 3.19. The van der Waals surface area contributed by atoms with Gasteiger partial charge in [-0.25, -0.2) is 0 Å². The number of nitrogens with one attached hydrogen (secondary N) is 1. The van der Waals surface area contributed by atoms with Crippen LogP contribution in [0.1, 0.15) is 30.5 Å². The number of pyridine rings is 1. The van der Waals surface area contributed by atoms with Crippen LogP contribution in [0, 0.1) is 5.92 Å². The van der Waals surface area contributed by atoms with Crippen LogP contribution >= 0.6 is 0 Å². The van der Waals surface area contributed by atoms with E-state index >= 15 is 0 Å². The first kappa shape index (κ1) is 14.2. The summed E-state index contributed by atoms with van der Waals surface area (Å²) in [6.45, 7) is 4.02. The highest BCUT2D eigenvalue weighted by molar-refractivity contribution is 5.30. The molecule has 1 N–H and O–H groups in total. The number of hydrogen-bond donors (Lipinski definition) is 1. The van der Waals surface area contributed by atoms with Crippen LogP contribution in [-0.4, -0.2) is 24.2 Å². The fourth-order valence-corrected chi connectivity index (χ4v) is 2.93. The van der Waals surface area contributed by atoms with Gasteiger partial charge in [0.1, 0.15) is 0 Å². The average Bonchev–Trinajstić information content (AvgIpc) is 3.09. The van der Waals surface area contributed by atoms with Crippen LogP contribution in [0.25, 0.3) is 0 Å². The van der Waals surface area contributed by atoms with Crippen molar-refractivity contribution < 1.29 is 4.74 Å². The normalized spacial score (nSPS) is 21.1. The second-order valence-electron chi connectivity index (χ2n) is 5.70. The Balaban J connectivity index is 1.82. The summed E-state index contributed by atoms with van der Waals surface area (Å²) in [5, 5.41) is 3.78. The van der Waals surface area contributed by atoms with Gasteiger partial charge in [0, 0.05) is 25.0 Å². The van der Waals surface area contributed by atoms with Gasteiger partial charge in [0.2, 0.25) is 0 Å². The van der Waals surface area contributed by atoms with Crippen LogP contribution in [0.15, 0.2) is 54.9 Å². The molecule has 3 nitrogen and oxygen atoms in total. The van der Waals surface area contributed by atoms with E-state index in [1.54, 1.807) is 0 Å². The summed E-state index contributed by atoms with van der Waals surface area (Å²) in [5.74, 6) is 0.595. The highest BCUT2D eigenvalue weighted by Crippen LogP contribution is 2.25. The molecule has 3 rings (SSSR count). The molecule has 2 heterocycles. The van der Waals surface area contributed by atoms with Gasteiger partial charge >= 0.3 is 0 Å². The second kappa shape index (κ2) is 6.83. The van der Waals surface area contributed by atoms with Crippen molar-refractivity contribution in [2.75, 3.05) is 13.2 Å². The van der Waals surface area contributed by atoms with E-state index in [2.05, 4.69) is 59.7 Å². The van der Waals surface area contributed by atoms with E-state index in [0.717, 1.165) is 19.6 Å². The fourth-order valence-electron chi connectivity index (χ4n) is 2.93. The van der Waals surface area contributed by atoms with Crippen molar-refractivity contribution in [2.45, 2.75) is 25.4 Å². The molecule has 0 amide bonds. The lowest BCUT2D eigenvalue weighted by molar-refractivity contribution is 0.177. The van der Waals surface area contributed by atoms with Crippen molar-refractivity contribution in [1.29, 1.82) is 0 Å². The van der Waals surface area contributed by atoms with E-state index in [0.29, 0.717) is 12.0 Å². The first-order valence-electron chi connectivity index (χ1n) is 7.63. The number of aromatic nitrogens is 1. The highest BCUT2D eigenvalue weighted by Gasteiger charge is 2.25. The third kappa shape index (κ3) is 3.49. The first-order valence-corrected chi connectivity index (χ1v) is 7.63. The van der Waals surface area contributed by atoms with Crippen LogP contribution in [0.2, 0.25) is 0 Å². The third-order valence-corrected chi connectivity index (χ3v) is 4.27. The quantitative estimate of drug-likeness (QED) is 0.914. The molecule has 1 aliphatic rings. The Bertz CT molecular complexity index is 498. The summed E-state index contributed by atoms with van der Waals surface area (Å²) in [7, 11) is 0. The van der Waals surface area contributed by atoms with Gasteiger partial charge in [0.25, 0.3) is 0 Å². The summed E-state index contributed by atoms with van der Waals surface area (Å²) >= 11 is 0. The maximum absolute atomic E-state index is 5.52. The van der Waals surface area contributed by atoms with Crippen molar-refractivity contribution in [1.82, 2.24) is 10.3 Å². The lowest BCUT2D eigenvalue weighted by atomic mass is 9.95. The van der Waals surface area contributed by atoms with Crippen molar-refractivity contribution in [2.24, 2.45) is 5.92 Å². The van der Waals surface area contributed by atoms with E-state index in [1.807, 2.05) is 12.4 Å². The Morgan fingerprint density at radius 3 is 2.48 bits per heavy atom. The summed E-state index contributed by atoms with van der Waals surface area (Å²) < 4.78 is 5.52. The van der Waals surface area contributed by atoms with Crippen LogP contribution in [-0.2, 0) is 4.74 Å². The van der Waals surface area contributed by atoms with Crippen LogP contribution in [0.5, 0.6) is 0 Å². The number of nitrogens with zero attached hydrogens (tertiary/aromatic N) is 1. The topological polar surface area (TPSA) is 34.2 Å². The molecule has 21 heavy (non-hydrogen) atoms. The zero-order valence-corrected chi connectivity index (χ0v) is 12.4. The number of rotatable bonds is 5. The molecule has 3 heteroatoms. The summed E-state index contributed by atoms with van der Waals surface area (Å²) in [4.78, 5) is 4.13. The molecule has 1 aromatic heterocycles. The zero-order chi connectivity index (χ0) is 14.5. The van der Waals surface area contributed by atoms with Crippen molar-refractivity contribution in [3.63, 3.8) is 0 Å². The Hall–Kier alpha value is -1.71. The van der Waals surface area contributed by atoms with E-state index in [1.165, 1.54) is 11.1 Å². The van der Waals surface area contributed by atoms with E-state index < -0.39 is 0 Å². The van der Waals surface area contributed by atoms with E-state index in [4.69, 9.17) is 4.74 Å². The monoisotopic (exact) mass is 282 g/mol. The molecule has 1 aromatic carbocycles. The van der Waals surface area contributed by atoms with Gasteiger partial charge in [-0.2, -0.15) is 0 Å². The van der Waals surface area contributed by atoms with Gasteiger partial charge in [-0.05, 0) is 42.5 Å². The highest BCUT2D eigenvalue weighted by atomic mass is 16.5. The van der Waals surface area contributed by atoms with Gasteiger partial charge in [-0.15, -0.1) is 0 Å². The first-order chi connectivity index (χ1) is 10.3. The van der Waals surface area contributed by atoms with Crippen LogP contribution < -0.4 is 5.32 Å². The minimum atomic E-state index is 0.199. The van der Waals surface area contributed by atoms with E-state index in [9.17, 15) is 0 Å². The van der Waals surface area contributed by atoms with E-state index in [-0.39, 0.29) is 6.04 Å².